The summed E-state index contributed by atoms with van der Waals surface area (Å²) in [5.74, 6) is 1.18. The molecule has 0 radical (unpaired) electrons. The minimum Gasteiger partial charge on any atom is -0.339 e. The van der Waals surface area contributed by atoms with E-state index in [0.717, 1.165) is 5.75 Å². The zero-order valence-electron chi connectivity index (χ0n) is 11.8. The Morgan fingerprint density at radius 2 is 1.79 bits per heavy atom. The maximum atomic E-state index is 11.9. The van der Waals surface area contributed by atoms with Gasteiger partial charge in [-0.1, -0.05) is 0 Å². The lowest BCUT2D eigenvalue weighted by Crippen LogP contribution is -2.50. The number of rotatable bonds is 5. The van der Waals surface area contributed by atoms with Gasteiger partial charge in [0, 0.05) is 37.5 Å². The Morgan fingerprint density at radius 1 is 1.26 bits per heavy atom. The van der Waals surface area contributed by atoms with E-state index in [2.05, 4.69) is 0 Å². The third-order valence-electron chi connectivity index (χ3n) is 2.76. The summed E-state index contributed by atoms with van der Waals surface area (Å²) in [7, 11) is -3.14. The van der Waals surface area contributed by atoms with Crippen molar-refractivity contribution in [1.82, 2.24) is 9.21 Å². The highest BCUT2D eigenvalue weighted by atomic mass is 32.2. The summed E-state index contributed by atoms with van der Waals surface area (Å²) in [5, 5.41) is 0. The molecule has 2 N–H and O–H groups in total. The quantitative estimate of drug-likeness (QED) is 0.744. The third kappa shape index (κ3) is 6.11. The number of sulfonamides is 1. The number of hydrogen-bond donors (Lipinski definition) is 1. The molecule has 0 atom stereocenters. The minimum absolute atomic E-state index is 0.0578. The molecule has 1 saturated heterocycles. The van der Waals surface area contributed by atoms with E-state index in [1.807, 2.05) is 13.8 Å². The number of amides is 1. The molecule has 1 rings (SSSR count). The lowest BCUT2D eigenvalue weighted by atomic mass is 10.1. The van der Waals surface area contributed by atoms with E-state index in [0.29, 0.717) is 31.9 Å². The zero-order valence-corrected chi connectivity index (χ0v) is 13.4. The molecule has 1 fully saturated rings. The van der Waals surface area contributed by atoms with Crippen molar-refractivity contribution >= 4 is 27.7 Å². The summed E-state index contributed by atoms with van der Waals surface area (Å²) in [5.41, 5.74) is 5.57. The summed E-state index contributed by atoms with van der Waals surface area (Å²) >= 11 is 1.52. The van der Waals surface area contributed by atoms with E-state index in [1.165, 1.54) is 22.3 Å². The molecule has 6 nitrogen and oxygen atoms in total. The standard InChI is InChI=1S/C11H23N3O3S2/c1-11(2,12)9-18-8-10(15)13-4-6-14(7-5-13)19(3,16)17/h4-9,12H2,1-3H3. The van der Waals surface area contributed by atoms with Crippen molar-refractivity contribution in [1.29, 1.82) is 0 Å². The van der Waals surface area contributed by atoms with Crippen molar-refractivity contribution in [3.8, 4) is 0 Å². The fourth-order valence-electron chi connectivity index (χ4n) is 1.76. The molecule has 0 aromatic heterocycles. The van der Waals surface area contributed by atoms with Crippen LogP contribution in [0.5, 0.6) is 0 Å². The van der Waals surface area contributed by atoms with Gasteiger partial charge in [0.25, 0.3) is 0 Å². The Morgan fingerprint density at radius 3 is 2.21 bits per heavy atom. The van der Waals surface area contributed by atoms with Crippen LogP contribution in [-0.2, 0) is 14.8 Å². The van der Waals surface area contributed by atoms with Crippen molar-refractivity contribution < 1.29 is 13.2 Å². The number of thioether (sulfide) groups is 1. The van der Waals surface area contributed by atoms with Crippen LogP contribution >= 0.6 is 11.8 Å². The molecule has 1 aliphatic heterocycles. The molecule has 0 unspecified atom stereocenters. The normalized spacial score (nSPS) is 18.6. The molecule has 8 heteroatoms. The van der Waals surface area contributed by atoms with Gasteiger partial charge < -0.3 is 10.6 Å². The summed E-state index contributed by atoms with van der Waals surface area (Å²) in [6.45, 7) is 5.57. The molecule has 112 valence electrons. The van der Waals surface area contributed by atoms with E-state index in [4.69, 9.17) is 5.73 Å². The Bertz CT molecular complexity index is 409. The van der Waals surface area contributed by atoms with Gasteiger partial charge in [0.1, 0.15) is 0 Å². The van der Waals surface area contributed by atoms with Crippen LogP contribution in [0.1, 0.15) is 13.8 Å². The summed E-state index contributed by atoms with van der Waals surface area (Å²) in [4.78, 5) is 13.7. The first-order valence-corrected chi connectivity index (χ1v) is 9.19. The fraction of sp³-hybridized carbons (Fsp3) is 0.909. The Hall–Kier alpha value is -0.310. The second-order valence-corrected chi connectivity index (χ2v) is 8.49. The first-order chi connectivity index (χ1) is 8.59. The van der Waals surface area contributed by atoms with Crippen LogP contribution in [0.2, 0.25) is 0 Å². The fourth-order valence-corrected chi connectivity index (χ4v) is 3.57. The topological polar surface area (TPSA) is 83.7 Å². The maximum Gasteiger partial charge on any atom is 0.232 e. The molecule has 19 heavy (non-hydrogen) atoms. The first-order valence-electron chi connectivity index (χ1n) is 6.19. The van der Waals surface area contributed by atoms with Gasteiger partial charge in [-0.15, -0.1) is 0 Å². The van der Waals surface area contributed by atoms with Crippen LogP contribution in [0.3, 0.4) is 0 Å². The molecule has 1 heterocycles. The van der Waals surface area contributed by atoms with Gasteiger partial charge in [0.15, 0.2) is 0 Å². The van der Waals surface area contributed by atoms with E-state index < -0.39 is 10.0 Å². The van der Waals surface area contributed by atoms with Crippen molar-refractivity contribution in [2.45, 2.75) is 19.4 Å². The van der Waals surface area contributed by atoms with Crippen LogP contribution in [-0.4, -0.2) is 73.0 Å². The van der Waals surface area contributed by atoms with Gasteiger partial charge in [-0.2, -0.15) is 16.1 Å². The molecule has 0 aromatic carbocycles. The molecule has 1 aliphatic rings. The molecule has 0 bridgehead atoms. The van der Waals surface area contributed by atoms with Crippen molar-refractivity contribution in [2.24, 2.45) is 5.73 Å². The van der Waals surface area contributed by atoms with Crippen molar-refractivity contribution in [2.75, 3.05) is 43.9 Å². The SMILES string of the molecule is CC(C)(N)CSCC(=O)N1CCN(S(C)(=O)=O)CC1. The van der Waals surface area contributed by atoms with E-state index >= 15 is 0 Å². The Balaban J connectivity index is 2.33. The lowest BCUT2D eigenvalue weighted by Gasteiger charge is -2.33. The van der Waals surface area contributed by atoms with Gasteiger partial charge in [-0.05, 0) is 13.8 Å². The van der Waals surface area contributed by atoms with Crippen LogP contribution in [0, 0.1) is 0 Å². The molecular formula is C11H23N3O3S2. The van der Waals surface area contributed by atoms with Crippen LogP contribution in [0.15, 0.2) is 0 Å². The first kappa shape index (κ1) is 16.7. The van der Waals surface area contributed by atoms with Gasteiger partial charge in [0.2, 0.25) is 15.9 Å². The van der Waals surface area contributed by atoms with Crippen LogP contribution in [0.4, 0.5) is 0 Å². The highest BCUT2D eigenvalue weighted by molar-refractivity contribution is 8.00. The molecule has 0 spiro atoms. The monoisotopic (exact) mass is 309 g/mol. The molecule has 1 amide bonds. The lowest BCUT2D eigenvalue weighted by molar-refractivity contribution is -0.129. The van der Waals surface area contributed by atoms with Gasteiger partial charge >= 0.3 is 0 Å². The second kappa shape index (κ2) is 6.43. The number of hydrogen-bond acceptors (Lipinski definition) is 5. The van der Waals surface area contributed by atoms with Gasteiger partial charge in [-0.25, -0.2) is 8.42 Å². The second-order valence-electron chi connectivity index (χ2n) is 5.52. The van der Waals surface area contributed by atoms with Gasteiger partial charge in [0.05, 0.1) is 12.0 Å². The minimum atomic E-state index is -3.14. The Labute approximate surface area is 119 Å². The van der Waals surface area contributed by atoms with Crippen molar-refractivity contribution in [3.05, 3.63) is 0 Å². The number of piperazine rings is 1. The number of nitrogens with zero attached hydrogens (tertiary/aromatic N) is 2. The van der Waals surface area contributed by atoms with E-state index in [1.54, 1.807) is 4.90 Å². The van der Waals surface area contributed by atoms with Crippen molar-refractivity contribution in [3.63, 3.8) is 0 Å². The van der Waals surface area contributed by atoms with Gasteiger partial charge in [-0.3, -0.25) is 4.79 Å². The summed E-state index contributed by atoms with van der Waals surface area (Å²) < 4.78 is 24.1. The highest BCUT2D eigenvalue weighted by Gasteiger charge is 2.26. The van der Waals surface area contributed by atoms with Crippen LogP contribution in [0.25, 0.3) is 0 Å². The number of carbonyl (C=O) groups is 1. The smallest absolute Gasteiger partial charge is 0.232 e. The summed E-state index contributed by atoms with van der Waals surface area (Å²) in [6.07, 6.45) is 1.20. The largest absolute Gasteiger partial charge is 0.339 e. The predicted octanol–water partition coefficient (Wildman–Crippen LogP) is -0.439. The molecule has 0 aromatic rings. The predicted molar refractivity (Wildman–Crippen MR) is 78.6 cm³/mol. The Kier molecular flexibility index (Phi) is 5.66. The average molecular weight is 309 g/mol. The molecule has 0 saturated carbocycles. The van der Waals surface area contributed by atoms with Crippen LogP contribution < -0.4 is 5.73 Å². The zero-order chi connectivity index (χ0) is 14.7. The maximum absolute atomic E-state index is 11.9. The van der Waals surface area contributed by atoms with E-state index in [-0.39, 0.29) is 11.4 Å². The molecular weight excluding hydrogens is 286 g/mol. The number of carbonyl (C=O) groups excluding carboxylic acids is 1. The third-order valence-corrected chi connectivity index (χ3v) is 5.46. The summed E-state index contributed by atoms with van der Waals surface area (Å²) in [6, 6.07) is 0. The average Bonchev–Trinajstić information content (AvgIpc) is 2.26. The highest BCUT2D eigenvalue weighted by Crippen LogP contribution is 2.12. The molecule has 0 aliphatic carbocycles. The van der Waals surface area contributed by atoms with E-state index in [9.17, 15) is 13.2 Å². The number of nitrogens with two attached hydrogens (primary N) is 1.